The van der Waals surface area contributed by atoms with Crippen LogP contribution >= 0.6 is 0 Å². The fourth-order valence-corrected chi connectivity index (χ4v) is 5.49. The maximum atomic E-state index is 14.3. The first-order valence-electron chi connectivity index (χ1n) is 11.4. The molecule has 0 bridgehead atoms. The van der Waals surface area contributed by atoms with Gasteiger partial charge in [0.2, 0.25) is 11.8 Å². The lowest BCUT2D eigenvalue weighted by Crippen LogP contribution is -2.50. The van der Waals surface area contributed by atoms with E-state index in [-0.39, 0.29) is 37.2 Å². The SMILES string of the molecule is O=C1COC[C@@H]1NC(=O)[C@@H]1CCCC[C@H]1C(=O)N1CCc2c([nH]c3c2=CC(F)CC=3F)C1. The van der Waals surface area contributed by atoms with E-state index in [9.17, 15) is 23.2 Å². The van der Waals surface area contributed by atoms with Crippen molar-refractivity contribution in [3.05, 3.63) is 21.8 Å². The Hall–Kier alpha value is -2.55. The molecule has 2 fully saturated rings. The van der Waals surface area contributed by atoms with Crippen molar-refractivity contribution in [3.63, 3.8) is 0 Å². The topological polar surface area (TPSA) is 91.5 Å². The van der Waals surface area contributed by atoms with Crippen LogP contribution in [0.1, 0.15) is 43.4 Å². The van der Waals surface area contributed by atoms with Crippen LogP contribution < -0.4 is 15.9 Å². The van der Waals surface area contributed by atoms with Crippen molar-refractivity contribution in [2.75, 3.05) is 19.8 Å². The van der Waals surface area contributed by atoms with Crippen molar-refractivity contribution >= 4 is 29.5 Å². The molecular weight excluding hydrogens is 420 g/mol. The van der Waals surface area contributed by atoms with Gasteiger partial charge in [-0.2, -0.15) is 0 Å². The number of aromatic amines is 1. The van der Waals surface area contributed by atoms with Gasteiger partial charge in [0, 0.05) is 35.7 Å². The molecule has 1 aromatic heterocycles. The second-order valence-corrected chi connectivity index (χ2v) is 9.21. The van der Waals surface area contributed by atoms with Crippen molar-refractivity contribution in [2.24, 2.45) is 11.8 Å². The first kappa shape index (κ1) is 21.3. The van der Waals surface area contributed by atoms with Gasteiger partial charge in [-0.1, -0.05) is 12.8 Å². The number of hydrogen-bond acceptors (Lipinski definition) is 4. The van der Waals surface area contributed by atoms with E-state index >= 15 is 0 Å². The molecule has 0 spiro atoms. The van der Waals surface area contributed by atoms with Gasteiger partial charge in [0.15, 0.2) is 5.78 Å². The number of amides is 2. The first-order chi connectivity index (χ1) is 15.4. The molecule has 0 radical (unpaired) electrons. The highest BCUT2D eigenvalue weighted by Crippen LogP contribution is 2.33. The van der Waals surface area contributed by atoms with Crippen molar-refractivity contribution < 1.29 is 27.9 Å². The van der Waals surface area contributed by atoms with E-state index < -0.39 is 29.9 Å². The maximum Gasteiger partial charge on any atom is 0.226 e. The lowest BCUT2D eigenvalue weighted by molar-refractivity contribution is -0.144. The van der Waals surface area contributed by atoms with E-state index in [1.807, 2.05) is 0 Å². The molecule has 2 amide bonds. The number of aromatic nitrogens is 1. The first-order valence-corrected chi connectivity index (χ1v) is 11.4. The summed E-state index contributed by atoms with van der Waals surface area (Å²) >= 11 is 0. The zero-order valence-corrected chi connectivity index (χ0v) is 17.8. The molecule has 2 N–H and O–H groups in total. The van der Waals surface area contributed by atoms with Crippen LogP contribution in [0, 0.1) is 11.8 Å². The number of hydrogen-bond donors (Lipinski definition) is 2. The van der Waals surface area contributed by atoms with Crippen molar-refractivity contribution in [3.8, 4) is 0 Å². The van der Waals surface area contributed by atoms with Crippen LogP contribution in [0.25, 0.3) is 11.9 Å². The van der Waals surface area contributed by atoms with Gasteiger partial charge >= 0.3 is 0 Å². The molecule has 2 aliphatic carbocycles. The molecule has 32 heavy (non-hydrogen) atoms. The van der Waals surface area contributed by atoms with Crippen molar-refractivity contribution in [1.82, 2.24) is 15.2 Å². The maximum absolute atomic E-state index is 14.3. The summed E-state index contributed by atoms with van der Waals surface area (Å²) in [6.45, 7) is 0.917. The molecule has 0 aromatic carbocycles. The van der Waals surface area contributed by atoms with Gasteiger partial charge in [0.1, 0.15) is 24.6 Å². The summed E-state index contributed by atoms with van der Waals surface area (Å²) in [5, 5.41) is 3.68. The van der Waals surface area contributed by atoms with Gasteiger partial charge in [-0.15, -0.1) is 0 Å². The summed E-state index contributed by atoms with van der Waals surface area (Å²) in [5.74, 6) is -1.91. The summed E-state index contributed by atoms with van der Waals surface area (Å²) in [6, 6.07) is -0.635. The Morgan fingerprint density at radius 3 is 2.75 bits per heavy atom. The molecule has 1 saturated carbocycles. The zero-order valence-electron chi connectivity index (χ0n) is 17.8. The lowest BCUT2D eigenvalue weighted by atomic mass is 9.77. The van der Waals surface area contributed by atoms with E-state index in [1.54, 1.807) is 4.90 Å². The van der Waals surface area contributed by atoms with Crippen LogP contribution in [0.4, 0.5) is 8.78 Å². The molecule has 172 valence electrons. The van der Waals surface area contributed by atoms with E-state index in [2.05, 4.69) is 10.3 Å². The number of ether oxygens (including phenoxy) is 1. The number of Topliss-reactive ketones (excluding diaryl/α,β-unsaturated/α-hetero) is 1. The van der Waals surface area contributed by atoms with E-state index in [1.165, 1.54) is 6.08 Å². The number of H-pyrrole nitrogens is 1. The highest BCUT2D eigenvalue weighted by Gasteiger charge is 2.40. The van der Waals surface area contributed by atoms with Crippen LogP contribution in [0.5, 0.6) is 0 Å². The Morgan fingerprint density at radius 1 is 1.22 bits per heavy atom. The van der Waals surface area contributed by atoms with Gasteiger partial charge < -0.3 is 19.9 Å². The fraction of sp³-hybridized carbons (Fsp3) is 0.609. The van der Waals surface area contributed by atoms with Crippen molar-refractivity contribution in [2.45, 2.75) is 57.3 Å². The average Bonchev–Trinajstić information content (AvgIpc) is 3.36. The third-order valence-corrected chi connectivity index (χ3v) is 7.17. The molecule has 4 aliphatic rings. The van der Waals surface area contributed by atoms with Crippen LogP contribution in [-0.4, -0.2) is 59.5 Å². The van der Waals surface area contributed by atoms with E-state index in [0.29, 0.717) is 42.9 Å². The second kappa shape index (κ2) is 8.42. The molecule has 2 aliphatic heterocycles. The molecule has 4 atom stereocenters. The Morgan fingerprint density at radius 2 is 2.00 bits per heavy atom. The predicted molar refractivity (Wildman–Crippen MR) is 111 cm³/mol. The monoisotopic (exact) mass is 447 g/mol. The number of nitrogens with zero attached hydrogens (tertiary/aromatic N) is 1. The molecular formula is C23H27F2N3O4. The number of carbonyl (C=O) groups excluding carboxylic acids is 3. The van der Waals surface area contributed by atoms with Crippen molar-refractivity contribution in [1.29, 1.82) is 0 Å². The average molecular weight is 447 g/mol. The normalized spacial score (nSPS) is 29.9. The summed E-state index contributed by atoms with van der Waals surface area (Å²) in [7, 11) is 0. The number of carbonyl (C=O) groups is 3. The third kappa shape index (κ3) is 3.76. The molecule has 1 unspecified atom stereocenters. The highest BCUT2D eigenvalue weighted by molar-refractivity contribution is 5.93. The molecule has 7 nitrogen and oxygen atoms in total. The number of rotatable bonds is 3. The Bertz CT molecular complexity index is 1080. The molecule has 1 aromatic rings. The second-order valence-electron chi connectivity index (χ2n) is 9.21. The zero-order chi connectivity index (χ0) is 22.4. The van der Waals surface area contributed by atoms with Gasteiger partial charge in [0.25, 0.3) is 0 Å². The predicted octanol–water partition coefficient (Wildman–Crippen LogP) is 0.390. The van der Waals surface area contributed by atoms with Gasteiger partial charge in [-0.3, -0.25) is 14.4 Å². The smallest absolute Gasteiger partial charge is 0.226 e. The molecule has 3 heterocycles. The van der Waals surface area contributed by atoms with Gasteiger partial charge in [0.05, 0.1) is 18.5 Å². The van der Waals surface area contributed by atoms with E-state index in [4.69, 9.17) is 4.74 Å². The highest BCUT2D eigenvalue weighted by atomic mass is 19.1. The molecule has 1 saturated heterocycles. The number of alkyl halides is 1. The summed E-state index contributed by atoms with van der Waals surface area (Å²) in [4.78, 5) is 43.0. The number of ketones is 1. The van der Waals surface area contributed by atoms with Gasteiger partial charge in [-0.25, -0.2) is 8.78 Å². The van der Waals surface area contributed by atoms with Crippen LogP contribution in [0.3, 0.4) is 0 Å². The van der Waals surface area contributed by atoms with Crippen LogP contribution in [0.15, 0.2) is 0 Å². The summed E-state index contributed by atoms with van der Waals surface area (Å²) in [5.41, 5.74) is 1.61. The van der Waals surface area contributed by atoms with Crippen LogP contribution in [0.2, 0.25) is 0 Å². The summed E-state index contributed by atoms with van der Waals surface area (Å²) in [6.07, 6.45) is 3.34. The minimum absolute atomic E-state index is 0.00676. The number of halogens is 2. The quantitative estimate of drug-likeness (QED) is 0.702. The minimum Gasteiger partial charge on any atom is -0.371 e. The Kier molecular flexibility index (Phi) is 5.61. The standard InChI is InChI=1S/C23H27F2N3O4/c24-12-7-16-13-5-6-28(9-18(13)26-21(16)17(25)8-12)23(31)15-4-2-1-3-14(15)22(30)27-19-10-32-11-20(19)29/h7,12,14-15,19,26H,1-6,8-11H2,(H,27,30)/t12?,14-,15-,19+/m1/s1. The molecule has 9 heteroatoms. The Balaban J connectivity index is 1.33. The van der Waals surface area contributed by atoms with Crippen LogP contribution in [-0.2, 0) is 32.1 Å². The summed E-state index contributed by atoms with van der Waals surface area (Å²) < 4.78 is 33.2. The largest absolute Gasteiger partial charge is 0.371 e. The third-order valence-electron chi connectivity index (χ3n) is 7.17. The number of nitrogens with one attached hydrogen (secondary N) is 2. The van der Waals surface area contributed by atoms with E-state index in [0.717, 1.165) is 24.1 Å². The Labute approximate surface area is 183 Å². The molecule has 5 rings (SSSR count). The fourth-order valence-electron chi connectivity index (χ4n) is 5.49. The number of fused-ring (bicyclic) bond motifs is 3. The lowest BCUT2D eigenvalue weighted by Gasteiger charge is -2.36. The van der Waals surface area contributed by atoms with Gasteiger partial charge in [-0.05, 0) is 30.9 Å². The minimum atomic E-state index is -1.33.